The first-order valence-corrected chi connectivity index (χ1v) is 10.3. The Hall–Kier alpha value is -1.30. The van der Waals surface area contributed by atoms with Gasteiger partial charge in [0.1, 0.15) is 0 Å². The van der Waals surface area contributed by atoms with Crippen molar-refractivity contribution >= 4 is 12.0 Å². The van der Waals surface area contributed by atoms with Crippen molar-refractivity contribution in [2.45, 2.75) is 76.4 Å². The molecule has 4 bridgehead atoms. The summed E-state index contributed by atoms with van der Waals surface area (Å²) in [6.07, 6.45) is 8.04. The second kappa shape index (κ2) is 6.70. The Morgan fingerprint density at radius 2 is 1.81 bits per heavy atom. The Labute approximate surface area is 155 Å². The molecule has 0 aromatic rings. The van der Waals surface area contributed by atoms with Crippen LogP contribution < -0.4 is 5.32 Å². The van der Waals surface area contributed by atoms with Crippen LogP contribution >= 0.6 is 0 Å². The van der Waals surface area contributed by atoms with Gasteiger partial charge in [0.25, 0.3) is 0 Å². The van der Waals surface area contributed by atoms with Gasteiger partial charge in [0.15, 0.2) is 0 Å². The number of nitrogens with zero attached hydrogens (tertiary/aromatic N) is 1. The van der Waals surface area contributed by atoms with Crippen LogP contribution in [-0.2, 0) is 9.53 Å². The summed E-state index contributed by atoms with van der Waals surface area (Å²) in [5, 5.41) is 14.0. The van der Waals surface area contributed by atoms with Crippen LogP contribution in [0.25, 0.3) is 0 Å². The highest BCUT2D eigenvalue weighted by Crippen LogP contribution is 2.62. The van der Waals surface area contributed by atoms with Gasteiger partial charge >= 0.3 is 6.09 Å². The van der Waals surface area contributed by atoms with Crippen molar-refractivity contribution in [3.63, 3.8) is 0 Å². The number of hydrogen-bond acceptors (Lipinski definition) is 4. The maximum atomic E-state index is 12.7. The lowest BCUT2D eigenvalue weighted by Crippen LogP contribution is -2.57. The predicted octanol–water partition coefficient (Wildman–Crippen LogP) is 2.44. The first-order chi connectivity index (χ1) is 12.4. The van der Waals surface area contributed by atoms with Gasteiger partial charge in [-0.1, -0.05) is 0 Å². The summed E-state index contributed by atoms with van der Waals surface area (Å²) < 4.78 is 5.04. The molecular weight excluding hydrogens is 332 g/mol. The second-order valence-corrected chi connectivity index (χ2v) is 9.39. The zero-order valence-electron chi connectivity index (χ0n) is 15.8. The van der Waals surface area contributed by atoms with Crippen molar-refractivity contribution in [2.75, 3.05) is 19.7 Å². The Balaban J connectivity index is 1.28. The molecule has 0 aromatic heterocycles. The molecule has 2 atom stereocenters. The lowest BCUT2D eigenvalue weighted by molar-refractivity contribution is -0.169. The maximum Gasteiger partial charge on any atom is 0.409 e. The van der Waals surface area contributed by atoms with Gasteiger partial charge in [0.2, 0.25) is 5.91 Å². The van der Waals surface area contributed by atoms with Crippen molar-refractivity contribution in [3.05, 3.63) is 0 Å². The number of carbonyl (C=O) groups is 2. The smallest absolute Gasteiger partial charge is 0.409 e. The van der Waals surface area contributed by atoms with Gasteiger partial charge in [-0.05, 0) is 75.5 Å². The van der Waals surface area contributed by atoms with Crippen molar-refractivity contribution < 1.29 is 19.4 Å². The van der Waals surface area contributed by atoms with E-state index in [9.17, 15) is 14.7 Å². The number of piperidine rings is 1. The molecule has 0 aromatic carbocycles. The van der Waals surface area contributed by atoms with Crippen LogP contribution in [0.2, 0.25) is 0 Å². The number of nitrogens with one attached hydrogen (secondary N) is 1. The largest absolute Gasteiger partial charge is 0.450 e. The molecule has 6 heteroatoms. The van der Waals surface area contributed by atoms with Gasteiger partial charge in [0.05, 0.1) is 12.2 Å². The SMILES string of the molecule is CCOC(=O)N1CCC(NC(=O)CC23C[C@H]4C[C@@H](CC(O)(C4)C2)C3)CC1. The van der Waals surface area contributed by atoms with E-state index >= 15 is 0 Å². The third kappa shape index (κ3) is 3.57. The normalized spacial score (nSPS) is 39.1. The van der Waals surface area contributed by atoms with Gasteiger partial charge in [0, 0.05) is 25.6 Å². The summed E-state index contributed by atoms with van der Waals surface area (Å²) >= 11 is 0. The minimum absolute atomic E-state index is 0.0224. The number of aliphatic hydroxyl groups is 1. The molecule has 4 aliphatic carbocycles. The lowest BCUT2D eigenvalue weighted by Gasteiger charge is -2.60. The molecule has 0 unspecified atom stereocenters. The van der Waals surface area contributed by atoms with E-state index in [0.717, 1.165) is 44.9 Å². The Morgan fingerprint density at radius 3 is 2.38 bits per heavy atom. The molecule has 26 heavy (non-hydrogen) atoms. The molecule has 1 heterocycles. The molecule has 1 saturated heterocycles. The van der Waals surface area contributed by atoms with Crippen molar-refractivity contribution in [3.8, 4) is 0 Å². The fraction of sp³-hybridized carbons (Fsp3) is 0.900. The Bertz CT molecular complexity index is 556. The van der Waals surface area contributed by atoms with E-state index in [4.69, 9.17) is 4.74 Å². The van der Waals surface area contributed by atoms with E-state index < -0.39 is 5.60 Å². The van der Waals surface area contributed by atoms with Crippen molar-refractivity contribution in [1.29, 1.82) is 0 Å². The van der Waals surface area contributed by atoms with E-state index in [1.807, 2.05) is 6.92 Å². The van der Waals surface area contributed by atoms with Gasteiger partial charge in [-0.2, -0.15) is 0 Å². The summed E-state index contributed by atoms with van der Waals surface area (Å²) in [6.45, 7) is 3.48. The Kier molecular flexibility index (Phi) is 4.66. The molecule has 5 rings (SSSR count). The van der Waals surface area contributed by atoms with Crippen LogP contribution in [0.3, 0.4) is 0 Å². The van der Waals surface area contributed by atoms with Crippen LogP contribution in [0.5, 0.6) is 0 Å². The molecule has 1 aliphatic heterocycles. The quantitative estimate of drug-likeness (QED) is 0.803. The van der Waals surface area contributed by atoms with Gasteiger partial charge in [-0.15, -0.1) is 0 Å². The van der Waals surface area contributed by atoms with Crippen molar-refractivity contribution in [1.82, 2.24) is 10.2 Å². The number of rotatable bonds is 4. The van der Waals surface area contributed by atoms with Crippen LogP contribution in [0.4, 0.5) is 4.79 Å². The molecule has 6 nitrogen and oxygen atoms in total. The van der Waals surface area contributed by atoms with E-state index in [-0.39, 0.29) is 23.5 Å². The highest BCUT2D eigenvalue weighted by Gasteiger charge is 2.57. The molecule has 4 saturated carbocycles. The standard InChI is InChI=1S/C20H32N2O4/c1-2-26-18(24)22-5-3-16(4-6-22)21-17(23)12-19-8-14-7-15(9-19)11-20(25,10-14)13-19/h14-16,25H,2-13H2,1H3,(H,21,23)/t14-,15-,19?,20?/m1/s1. The fourth-order valence-electron chi connectivity index (χ4n) is 6.65. The summed E-state index contributed by atoms with van der Waals surface area (Å²) in [5.74, 6) is 1.36. The number of amides is 2. The Morgan fingerprint density at radius 1 is 1.15 bits per heavy atom. The van der Waals surface area contributed by atoms with Crippen LogP contribution in [0.1, 0.15) is 64.7 Å². The zero-order chi connectivity index (χ0) is 18.4. The molecule has 0 radical (unpaired) electrons. The van der Waals surface area contributed by atoms with E-state index in [1.54, 1.807) is 4.90 Å². The average Bonchev–Trinajstić information content (AvgIpc) is 2.52. The van der Waals surface area contributed by atoms with Gasteiger partial charge in [-0.25, -0.2) is 4.79 Å². The predicted molar refractivity (Wildman–Crippen MR) is 96.4 cm³/mol. The topological polar surface area (TPSA) is 78.9 Å². The molecule has 2 amide bonds. The number of likely N-dealkylation sites (tertiary alicyclic amines) is 1. The van der Waals surface area contributed by atoms with Crippen LogP contribution in [0.15, 0.2) is 0 Å². The highest BCUT2D eigenvalue weighted by atomic mass is 16.6. The molecule has 0 spiro atoms. The molecule has 146 valence electrons. The maximum absolute atomic E-state index is 12.7. The van der Waals surface area contributed by atoms with Crippen LogP contribution in [-0.4, -0.2) is 53.3 Å². The zero-order valence-corrected chi connectivity index (χ0v) is 15.8. The first kappa shape index (κ1) is 18.1. The van der Waals surface area contributed by atoms with Crippen molar-refractivity contribution in [2.24, 2.45) is 17.3 Å². The van der Waals surface area contributed by atoms with E-state index in [1.165, 1.54) is 6.42 Å². The molecule has 5 aliphatic rings. The number of hydrogen-bond donors (Lipinski definition) is 2. The average molecular weight is 364 g/mol. The molecule has 5 fully saturated rings. The minimum atomic E-state index is -0.505. The minimum Gasteiger partial charge on any atom is -0.450 e. The van der Waals surface area contributed by atoms with E-state index in [2.05, 4.69) is 5.32 Å². The third-order valence-electron chi connectivity index (χ3n) is 7.07. The lowest BCUT2D eigenvalue weighted by atomic mass is 9.47. The van der Waals surface area contributed by atoms with Crippen LogP contribution in [0, 0.1) is 17.3 Å². The molecular formula is C20H32N2O4. The fourth-order valence-corrected chi connectivity index (χ4v) is 6.65. The number of carbonyl (C=O) groups excluding carboxylic acids is 2. The second-order valence-electron chi connectivity index (χ2n) is 9.39. The summed E-state index contributed by atoms with van der Waals surface area (Å²) in [4.78, 5) is 26.2. The monoisotopic (exact) mass is 364 g/mol. The summed E-state index contributed by atoms with van der Waals surface area (Å²) in [6, 6.07) is 0.144. The van der Waals surface area contributed by atoms with E-state index in [0.29, 0.717) is 38.0 Å². The summed E-state index contributed by atoms with van der Waals surface area (Å²) in [5.41, 5.74) is -0.482. The highest BCUT2D eigenvalue weighted by molar-refractivity contribution is 5.77. The van der Waals surface area contributed by atoms with Gasteiger partial charge in [-0.3, -0.25) is 4.79 Å². The third-order valence-corrected chi connectivity index (χ3v) is 7.07. The first-order valence-electron chi connectivity index (χ1n) is 10.3. The number of ether oxygens (including phenoxy) is 1. The summed E-state index contributed by atoms with van der Waals surface area (Å²) in [7, 11) is 0. The van der Waals surface area contributed by atoms with Gasteiger partial charge < -0.3 is 20.1 Å². The molecule has 2 N–H and O–H groups in total.